The summed E-state index contributed by atoms with van der Waals surface area (Å²) in [7, 11) is 3.20. The number of urea groups is 1. The van der Waals surface area contributed by atoms with Gasteiger partial charge in [-0.1, -0.05) is 15.9 Å². The molecule has 0 unspecified atom stereocenters. The number of carbonyl (C=O) groups is 1. The Kier molecular flexibility index (Phi) is 4.52. The topological polar surface area (TPSA) is 42.0 Å². The fourth-order valence-corrected chi connectivity index (χ4v) is 2.51. The number of anilines is 1. The van der Waals surface area contributed by atoms with Gasteiger partial charge in [0.25, 0.3) is 0 Å². The maximum absolute atomic E-state index is 12.2. The van der Waals surface area contributed by atoms with Crippen LogP contribution in [0.1, 0.15) is 0 Å². The lowest BCUT2D eigenvalue weighted by atomic mass is 10.2. The van der Waals surface area contributed by atoms with E-state index in [1.54, 1.807) is 25.2 Å². The number of methoxy groups -OCH3 is 2. The summed E-state index contributed by atoms with van der Waals surface area (Å²) in [6.45, 7) is 2.14. The Labute approximate surface area is 121 Å². The SMILES string of the molecule is COc1cc(OC)cc(N2CCN(CCBr)C2=O)c1. The van der Waals surface area contributed by atoms with E-state index < -0.39 is 0 Å². The standard InChI is InChI=1S/C13H17BrN2O3/c1-18-11-7-10(8-12(9-11)19-2)16-6-5-15(4-3-14)13(16)17/h7-9H,3-6H2,1-2H3. The third kappa shape index (κ3) is 2.94. The van der Waals surface area contributed by atoms with Crippen LogP contribution in [0.4, 0.5) is 10.5 Å². The molecule has 1 aromatic carbocycles. The molecular formula is C13H17BrN2O3. The molecular weight excluding hydrogens is 312 g/mol. The number of ether oxygens (including phenoxy) is 2. The van der Waals surface area contributed by atoms with E-state index in [2.05, 4.69) is 15.9 Å². The molecule has 1 aliphatic rings. The molecule has 1 aromatic rings. The van der Waals surface area contributed by atoms with Crippen LogP contribution in [0.25, 0.3) is 0 Å². The molecule has 0 atom stereocenters. The van der Waals surface area contributed by atoms with Gasteiger partial charge in [-0.25, -0.2) is 4.79 Å². The minimum absolute atomic E-state index is 0.0229. The zero-order valence-corrected chi connectivity index (χ0v) is 12.6. The molecule has 0 aliphatic carbocycles. The average Bonchev–Trinajstić information content (AvgIpc) is 2.80. The molecule has 0 spiro atoms. The summed E-state index contributed by atoms with van der Waals surface area (Å²) in [6.07, 6.45) is 0. The first-order chi connectivity index (χ1) is 9.19. The van der Waals surface area contributed by atoms with Gasteiger partial charge in [-0.2, -0.15) is 0 Å². The fourth-order valence-electron chi connectivity index (χ4n) is 2.08. The van der Waals surface area contributed by atoms with Crippen LogP contribution in [0.5, 0.6) is 11.5 Å². The smallest absolute Gasteiger partial charge is 0.324 e. The fraction of sp³-hybridized carbons (Fsp3) is 0.462. The van der Waals surface area contributed by atoms with Crippen molar-refractivity contribution in [2.75, 3.05) is 44.1 Å². The maximum atomic E-state index is 12.2. The summed E-state index contributed by atoms with van der Waals surface area (Å²) in [5, 5.41) is 0.786. The summed E-state index contributed by atoms with van der Waals surface area (Å²) in [5.74, 6) is 1.36. The van der Waals surface area contributed by atoms with Crippen molar-refractivity contribution < 1.29 is 14.3 Å². The summed E-state index contributed by atoms with van der Waals surface area (Å²) >= 11 is 3.36. The van der Waals surface area contributed by atoms with Crippen LogP contribution in [0.15, 0.2) is 18.2 Å². The van der Waals surface area contributed by atoms with E-state index in [4.69, 9.17) is 9.47 Å². The highest BCUT2D eigenvalue weighted by Gasteiger charge is 2.29. The Balaban J connectivity index is 2.24. The highest BCUT2D eigenvalue weighted by atomic mass is 79.9. The van der Waals surface area contributed by atoms with Gasteiger partial charge in [0.05, 0.1) is 19.9 Å². The van der Waals surface area contributed by atoms with Crippen LogP contribution in [0.3, 0.4) is 0 Å². The highest BCUT2D eigenvalue weighted by molar-refractivity contribution is 9.09. The number of rotatable bonds is 5. The van der Waals surface area contributed by atoms with E-state index in [1.165, 1.54) is 0 Å². The van der Waals surface area contributed by atoms with E-state index in [0.717, 1.165) is 24.1 Å². The molecule has 19 heavy (non-hydrogen) atoms. The minimum Gasteiger partial charge on any atom is -0.497 e. The molecule has 2 rings (SSSR count). The first-order valence-corrected chi connectivity index (χ1v) is 7.17. The van der Waals surface area contributed by atoms with Gasteiger partial charge in [0, 0.05) is 43.2 Å². The second-order valence-electron chi connectivity index (χ2n) is 4.18. The third-order valence-corrected chi connectivity index (χ3v) is 3.45. The Bertz CT molecular complexity index is 445. The van der Waals surface area contributed by atoms with Crippen LogP contribution in [0, 0.1) is 0 Å². The number of carbonyl (C=O) groups excluding carboxylic acids is 1. The van der Waals surface area contributed by atoms with Gasteiger partial charge in [-0.05, 0) is 0 Å². The van der Waals surface area contributed by atoms with Gasteiger partial charge >= 0.3 is 6.03 Å². The first kappa shape index (κ1) is 14.0. The first-order valence-electron chi connectivity index (χ1n) is 6.05. The van der Waals surface area contributed by atoms with Crippen LogP contribution < -0.4 is 14.4 Å². The molecule has 0 aromatic heterocycles. The van der Waals surface area contributed by atoms with E-state index in [-0.39, 0.29) is 6.03 Å². The minimum atomic E-state index is 0.0229. The molecule has 1 saturated heterocycles. The van der Waals surface area contributed by atoms with Crippen molar-refractivity contribution in [2.45, 2.75) is 0 Å². The van der Waals surface area contributed by atoms with Crippen molar-refractivity contribution in [3.05, 3.63) is 18.2 Å². The normalized spacial score (nSPS) is 15.0. The summed E-state index contributed by atoms with van der Waals surface area (Å²) in [4.78, 5) is 15.8. The average molecular weight is 329 g/mol. The van der Waals surface area contributed by atoms with E-state index in [9.17, 15) is 4.79 Å². The Morgan fingerprint density at radius 1 is 1.16 bits per heavy atom. The molecule has 0 bridgehead atoms. The number of halogens is 1. The number of nitrogens with zero attached hydrogens (tertiary/aromatic N) is 2. The van der Waals surface area contributed by atoms with Gasteiger partial charge < -0.3 is 14.4 Å². The summed E-state index contributed by atoms with van der Waals surface area (Å²) < 4.78 is 10.5. The van der Waals surface area contributed by atoms with Crippen molar-refractivity contribution in [3.8, 4) is 11.5 Å². The Morgan fingerprint density at radius 2 is 1.79 bits per heavy atom. The molecule has 6 heteroatoms. The van der Waals surface area contributed by atoms with E-state index in [1.807, 2.05) is 17.0 Å². The number of amides is 2. The second kappa shape index (κ2) is 6.14. The van der Waals surface area contributed by atoms with Gasteiger partial charge in [0.1, 0.15) is 11.5 Å². The molecule has 1 fully saturated rings. The van der Waals surface area contributed by atoms with Crippen LogP contribution in [-0.2, 0) is 0 Å². The lowest BCUT2D eigenvalue weighted by Gasteiger charge is -2.19. The quantitative estimate of drug-likeness (QED) is 0.779. The molecule has 5 nitrogen and oxygen atoms in total. The second-order valence-corrected chi connectivity index (χ2v) is 4.97. The van der Waals surface area contributed by atoms with Gasteiger partial charge in [-0.3, -0.25) is 4.90 Å². The Morgan fingerprint density at radius 3 is 2.32 bits per heavy atom. The van der Waals surface area contributed by atoms with Gasteiger partial charge in [-0.15, -0.1) is 0 Å². The number of alkyl halides is 1. The molecule has 1 aliphatic heterocycles. The van der Waals surface area contributed by atoms with E-state index in [0.29, 0.717) is 18.0 Å². The van der Waals surface area contributed by atoms with Crippen LogP contribution >= 0.6 is 15.9 Å². The van der Waals surface area contributed by atoms with Gasteiger partial charge in [0.15, 0.2) is 0 Å². The predicted molar refractivity (Wildman–Crippen MR) is 77.7 cm³/mol. The van der Waals surface area contributed by atoms with Crippen LogP contribution in [-0.4, -0.2) is 50.1 Å². The monoisotopic (exact) mass is 328 g/mol. The highest BCUT2D eigenvalue weighted by Crippen LogP contribution is 2.30. The van der Waals surface area contributed by atoms with Crippen LogP contribution in [0.2, 0.25) is 0 Å². The Hall–Kier alpha value is -1.43. The number of hydrogen-bond acceptors (Lipinski definition) is 3. The molecule has 0 saturated carbocycles. The maximum Gasteiger partial charge on any atom is 0.324 e. The van der Waals surface area contributed by atoms with Crippen molar-refractivity contribution in [2.24, 2.45) is 0 Å². The molecule has 2 amide bonds. The van der Waals surface area contributed by atoms with Crippen molar-refractivity contribution >= 4 is 27.6 Å². The summed E-state index contributed by atoms with van der Waals surface area (Å²) in [5.41, 5.74) is 0.804. The zero-order valence-electron chi connectivity index (χ0n) is 11.1. The molecule has 0 N–H and O–H groups in total. The zero-order chi connectivity index (χ0) is 13.8. The van der Waals surface area contributed by atoms with Gasteiger partial charge in [0.2, 0.25) is 0 Å². The number of hydrogen-bond donors (Lipinski definition) is 0. The third-order valence-electron chi connectivity index (χ3n) is 3.10. The lowest BCUT2D eigenvalue weighted by molar-refractivity contribution is 0.223. The number of benzene rings is 1. The molecule has 104 valence electrons. The predicted octanol–water partition coefficient (Wildman–Crippen LogP) is 2.34. The molecule has 0 radical (unpaired) electrons. The lowest BCUT2D eigenvalue weighted by Crippen LogP contribution is -2.32. The van der Waals surface area contributed by atoms with Crippen molar-refractivity contribution in [3.63, 3.8) is 0 Å². The van der Waals surface area contributed by atoms with E-state index >= 15 is 0 Å². The largest absolute Gasteiger partial charge is 0.497 e. The van der Waals surface area contributed by atoms with Crippen molar-refractivity contribution in [1.82, 2.24) is 4.90 Å². The molecule has 1 heterocycles. The summed E-state index contributed by atoms with van der Waals surface area (Å²) in [6, 6.07) is 5.51. The van der Waals surface area contributed by atoms with Crippen molar-refractivity contribution in [1.29, 1.82) is 0 Å².